The van der Waals surface area contributed by atoms with Gasteiger partial charge in [0.1, 0.15) is 5.82 Å². The van der Waals surface area contributed by atoms with Crippen LogP contribution >= 0.6 is 0 Å². The molecule has 9 heteroatoms. The van der Waals surface area contributed by atoms with Crippen LogP contribution in [0.15, 0.2) is 42.5 Å². The lowest BCUT2D eigenvalue weighted by Gasteiger charge is -2.34. The third kappa shape index (κ3) is 7.18. The molecule has 0 aromatic heterocycles. The number of hydrogen-bond donors (Lipinski definition) is 2. The van der Waals surface area contributed by atoms with Crippen molar-refractivity contribution in [1.29, 1.82) is 0 Å². The van der Waals surface area contributed by atoms with Gasteiger partial charge in [-0.05, 0) is 41.8 Å². The second kappa shape index (κ2) is 12.2. The average molecular weight is 499 g/mol. The van der Waals surface area contributed by atoms with Crippen molar-refractivity contribution < 1.29 is 23.5 Å². The first-order chi connectivity index (χ1) is 17.4. The summed E-state index contributed by atoms with van der Waals surface area (Å²) in [5.74, 6) is 1.07. The molecule has 36 heavy (non-hydrogen) atoms. The molecule has 194 valence electrons. The molecular weight excluding hydrogens is 463 g/mol. The summed E-state index contributed by atoms with van der Waals surface area (Å²) in [6.07, 6.45) is 0.847. The monoisotopic (exact) mass is 498 g/mol. The van der Waals surface area contributed by atoms with E-state index in [2.05, 4.69) is 29.4 Å². The van der Waals surface area contributed by atoms with E-state index in [1.807, 2.05) is 23.1 Å². The number of amides is 2. The molecule has 1 fully saturated rings. The number of carbonyl (C=O) groups is 2. The minimum absolute atomic E-state index is 0.0295. The Labute approximate surface area is 211 Å². The number of anilines is 1. The molecule has 2 amide bonds. The van der Waals surface area contributed by atoms with E-state index in [9.17, 15) is 14.0 Å². The molecule has 0 spiro atoms. The lowest BCUT2D eigenvalue weighted by molar-refractivity contribution is -0.124. The highest BCUT2D eigenvalue weighted by molar-refractivity contribution is 5.92. The van der Waals surface area contributed by atoms with Gasteiger partial charge in [-0.15, -0.1) is 0 Å². The van der Waals surface area contributed by atoms with Gasteiger partial charge in [0.2, 0.25) is 11.8 Å². The van der Waals surface area contributed by atoms with Crippen molar-refractivity contribution in [2.24, 2.45) is 5.92 Å². The van der Waals surface area contributed by atoms with Gasteiger partial charge in [0, 0.05) is 38.3 Å². The van der Waals surface area contributed by atoms with Crippen LogP contribution in [-0.4, -0.2) is 74.1 Å². The van der Waals surface area contributed by atoms with Gasteiger partial charge in [-0.2, -0.15) is 0 Å². The van der Waals surface area contributed by atoms with Gasteiger partial charge < -0.3 is 20.1 Å². The van der Waals surface area contributed by atoms with Crippen molar-refractivity contribution in [3.8, 4) is 11.5 Å². The normalized spacial score (nSPS) is 17.3. The zero-order chi connectivity index (χ0) is 25.5. The Morgan fingerprint density at radius 3 is 2.25 bits per heavy atom. The summed E-state index contributed by atoms with van der Waals surface area (Å²) in [5.41, 5.74) is 1.44. The summed E-state index contributed by atoms with van der Waals surface area (Å²) in [4.78, 5) is 29.4. The number of hydrogen-bond acceptors (Lipinski definition) is 6. The van der Waals surface area contributed by atoms with Gasteiger partial charge in [0.05, 0.1) is 32.3 Å². The molecule has 2 aromatic rings. The number of rotatable bonds is 8. The molecule has 2 aliphatic rings. The number of ether oxygens (including phenoxy) is 2. The predicted molar refractivity (Wildman–Crippen MR) is 136 cm³/mol. The van der Waals surface area contributed by atoms with E-state index in [1.54, 1.807) is 12.1 Å². The van der Waals surface area contributed by atoms with Crippen LogP contribution in [0.25, 0.3) is 0 Å². The first-order valence-electron chi connectivity index (χ1n) is 12.6. The SMILES string of the molecule is CC(C)[C@@H](NC(=O)CN1CCN(CC(=O)Nc2cccc(F)c2)CC1)c1ccc2c(c1)OCCCO2. The highest BCUT2D eigenvalue weighted by Crippen LogP contribution is 2.34. The molecular formula is C27H35FN4O4. The largest absolute Gasteiger partial charge is 0.490 e. The highest BCUT2D eigenvalue weighted by Gasteiger charge is 2.24. The number of fused-ring (bicyclic) bond motifs is 1. The lowest BCUT2D eigenvalue weighted by Crippen LogP contribution is -2.51. The number of carbonyl (C=O) groups excluding carboxylic acids is 2. The molecule has 2 aromatic carbocycles. The van der Waals surface area contributed by atoms with E-state index in [1.165, 1.54) is 12.1 Å². The van der Waals surface area contributed by atoms with Crippen LogP contribution in [0.5, 0.6) is 11.5 Å². The predicted octanol–water partition coefficient (Wildman–Crippen LogP) is 3.06. The molecule has 0 radical (unpaired) electrons. The Bertz CT molecular complexity index is 1060. The zero-order valence-electron chi connectivity index (χ0n) is 21.0. The molecule has 2 heterocycles. The van der Waals surface area contributed by atoms with Crippen molar-refractivity contribution >= 4 is 17.5 Å². The van der Waals surface area contributed by atoms with Crippen molar-refractivity contribution in [2.75, 3.05) is 57.8 Å². The zero-order valence-corrected chi connectivity index (χ0v) is 21.0. The first kappa shape index (κ1) is 25.9. The molecule has 2 N–H and O–H groups in total. The van der Waals surface area contributed by atoms with E-state index < -0.39 is 0 Å². The Morgan fingerprint density at radius 1 is 0.917 bits per heavy atom. The molecule has 0 aliphatic carbocycles. The third-order valence-electron chi connectivity index (χ3n) is 6.42. The van der Waals surface area contributed by atoms with Crippen LogP contribution in [0.2, 0.25) is 0 Å². The van der Waals surface area contributed by atoms with Crippen molar-refractivity contribution in [3.63, 3.8) is 0 Å². The number of nitrogens with one attached hydrogen (secondary N) is 2. The quantitative estimate of drug-likeness (QED) is 0.582. The first-order valence-corrected chi connectivity index (χ1v) is 12.6. The smallest absolute Gasteiger partial charge is 0.238 e. The number of halogens is 1. The molecule has 8 nitrogen and oxygen atoms in total. The fourth-order valence-corrected chi connectivity index (χ4v) is 4.51. The van der Waals surface area contributed by atoms with Crippen molar-refractivity contribution in [2.45, 2.75) is 26.3 Å². The van der Waals surface area contributed by atoms with Crippen molar-refractivity contribution in [1.82, 2.24) is 15.1 Å². The van der Waals surface area contributed by atoms with Crippen LogP contribution in [0, 0.1) is 11.7 Å². The third-order valence-corrected chi connectivity index (χ3v) is 6.42. The fourth-order valence-electron chi connectivity index (χ4n) is 4.51. The fraction of sp³-hybridized carbons (Fsp3) is 0.481. The molecule has 1 atom stereocenters. The molecule has 2 aliphatic heterocycles. The maximum Gasteiger partial charge on any atom is 0.238 e. The Morgan fingerprint density at radius 2 is 1.58 bits per heavy atom. The summed E-state index contributed by atoms with van der Waals surface area (Å²) in [6, 6.07) is 11.6. The lowest BCUT2D eigenvalue weighted by atomic mass is 9.95. The van der Waals surface area contributed by atoms with Crippen LogP contribution in [0.1, 0.15) is 31.9 Å². The van der Waals surface area contributed by atoms with Gasteiger partial charge in [-0.25, -0.2) is 4.39 Å². The molecule has 0 unspecified atom stereocenters. The summed E-state index contributed by atoms with van der Waals surface area (Å²) >= 11 is 0. The summed E-state index contributed by atoms with van der Waals surface area (Å²) in [5, 5.41) is 5.92. The minimum atomic E-state index is -0.385. The molecule has 1 saturated heterocycles. The van der Waals surface area contributed by atoms with Gasteiger partial charge in [0.25, 0.3) is 0 Å². The highest BCUT2D eigenvalue weighted by atomic mass is 19.1. The molecule has 4 rings (SSSR count). The second-order valence-electron chi connectivity index (χ2n) is 9.66. The second-order valence-corrected chi connectivity index (χ2v) is 9.66. The van der Waals surface area contributed by atoms with Gasteiger partial charge in [0.15, 0.2) is 11.5 Å². The summed E-state index contributed by atoms with van der Waals surface area (Å²) in [6.45, 7) is 8.71. The standard InChI is InChI=1S/C27H35FN4O4/c1-19(2)27(20-7-8-23-24(15-20)36-14-4-13-35-23)30-26(34)18-32-11-9-31(10-12-32)17-25(33)29-22-6-3-5-21(28)16-22/h3,5-8,15-16,19,27H,4,9-14,17-18H2,1-2H3,(H,29,33)(H,30,34)/t27-/m1/s1. The average Bonchev–Trinajstić information content (AvgIpc) is 3.08. The van der Waals surface area contributed by atoms with E-state index >= 15 is 0 Å². The van der Waals surface area contributed by atoms with Crippen LogP contribution in [0.4, 0.5) is 10.1 Å². The maximum absolute atomic E-state index is 13.3. The molecule has 0 saturated carbocycles. The van der Waals surface area contributed by atoms with E-state index in [0.29, 0.717) is 51.6 Å². The van der Waals surface area contributed by atoms with E-state index in [-0.39, 0.29) is 36.1 Å². The number of benzene rings is 2. The Balaban J connectivity index is 1.25. The van der Waals surface area contributed by atoms with Gasteiger partial charge >= 0.3 is 0 Å². The van der Waals surface area contributed by atoms with Crippen LogP contribution < -0.4 is 20.1 Å². The summed E-state index contributed by atoms with van der Waals surface area (Å²) in [7, 11) is 0. The van der Waals surface area contributed by atoms with Crippen LogP contribution in [0.3, 0.4) is 0 Å². The van der Waals surface area contributed by atoms with E-state index in [4.69, 9.17) is 9.47 Å². The Hall–Kier alpha value is -3.17. The number of piperazine rings is 1. The maximum atomic E-state index is 13.3. The van der Waals surface area contributed by atoms with Crippen molar-refractivity contribution in [3.05, 3.63) is 53.8 Å². The van der Waals surface area contributed by atoms with Gasteiger partial charge in [-0.3, -0.25) is 19.4 Å². The minimum Gasteiger partial charge on any atom is -0.490 e. The number of nitrogens with zero attached hydrogens (tertiary/aromatic N) is 2. The van der Waals surface area contributed by atoms with E-state index in [0.717, 1.165) is 23.5 Å². The topological polar surface area (TPSA) is 83.1 Å². The molecule has 0 bridgehead atoms. The Kier molecular flexibility index (Phi) is 8.77. The summed E-state index contributed by atoms with van der Waals surface area (Å²) < 4.78 is 24.9. The van der Waals surface area contributed by atoms with Crippen LogP contribution in [-0.2, 0) is 9.59 Å². The van der Waals surface area contributed by atoms with Gasteiger partial charge in [-0.1, -0.05) is 26.0 Å².